The van der Waals surface area contributed by atoms with Crippen LogP contribution >= 0.6 is 0 Å². The largest absolute Gasteiger partial charge is 0.389 e. The second kappa shape index (κ2) is 6.54. The van der Waals surface area contributed by atoms with E-state index in [1.54, 1.807) is 0 Å². The highest BCUT2D eigenvalue weighted by Crippen LogP contribution is 2.68. The van der Waals surface area contributed by atoms with E-state index >= 15 is 0 Å². The van der Waals surface area contributed by atoms with Gasteiger partial charge < -0.3 is 24.1 Å². The van der Waals surface area contributed by atoms with Gasteiger partial charge >= 0.3 is 0 Å². The summed E-state index contributed by atoms with van der Waals surface area (Å²) in [6, 6.07) is 0. The summed E-state index contributed by atoms with van der Waals surface area (Å²) in [5.41, 5.74) is 1.72. The molecule has 0 aromatic heterocycles. The van der Waals surface area contributed by atoms with Crippen molar-refractivity contribution in [3.8, 4) is 0 Å². The van der Waals surface area contributed by atoms with Crippen LogP contribution in [0, 0.1) is 34.5 Å². The molecule has 5 heteroatoms. The summed E-state index contributed by atoms with van der Waals surface area (Å²) in [4.78, 5) is 0. The Hall–Kier alpha value is -0.460. The molecule has 5 fully saturated rings. The Morgan fingerprint density at radius 3 is 2.27 bits per heavy atom. The first-order valence-corrected chi connectivity index (χ1v) is 12.2. The van der Waals surface area contributed by atoms with E-state index in [-0.39, 0.29) is 16.9 Å². The Bertz CT molecular complexity index is 736. The molecule has 6 aliphatic rings. The lowest BCUT2D eigenvalue weighted by Gasteiger charge is -2.60. The second-order valence-corrected chi connectivity index (χ2v) is 11.6. The van der Waals surface area contributed by atoms with Crippen LogP contribution in [0.5, 0.6) is 0 Å². The van der Waals surface area contributed by atoms with Gasteiger partial charge in [-0.3, -0.25) is 0 Å². The first-order chi connectivity index (χ1) is 14.3. The van der Waals surface area contributed by atoms with Gasteiger partial charge in [-0.2, -0.15) is 0 Å². The van der Waals surface area contributed by atoms with Gasteiger partial charge in [-0.1, -0.05) is 25.5 Å². The van der Waals surface area contributed by atoms with Crippen LogP contribution < -0.4 is 0 Å². The normalized spacial score (nSPS) is 51.3. The fourth-order valence-corrected chi connectivity index (χ4v) is 8.93. The summed E-state index contributed by atoms with van der Waals surface area (Å²) < 4.78 is 24.4. The molecule has 1 N–H and O–H groups in total. The van der Waals surface area contributed by atoms with Gasteiger partial charge in [0.25, 0.3) is 0 Å². The van der Waals surface area contributed by atoms with Crippen LogP contribution in [-0.2, 0) is 18.9 Å². The van der Waals surface area contributed by atoms with E-state index in [0.29, 0.717) is 50.1 Å². The monoisotopic (exact) mass is 418 g/mol. The number of hydrogen-bond donors (Lipinski definition) is 1. The molecule has 0 aromatic carbocycles. The van der Waals surface area contributed by atoms with Crippen LogP contribution in [0.4, 0.5) is 0 Å². The fraction of sp³-hybridized carbons (Fsp3) is 0.920. The van der Waals surface area contributed by atoms with E-state index < -0.39 is 11.6 Å². The van der Waals surface area contributed by atoms with Crippen molar-refractivity contribution in [1.82, 2.24) is 0 Å². The molecule has 2 aliphatic heterocycles. The van der Waals surface area contributed by atoms with Crippen molar-refractivity contribution in [2.75, 3.05) is 26.4 Å². The van der Waals surface area contributed by atoms with Crippen LogP contribution in [0.1, 0.15) is 65.7 Å². The zero-order valence-electron chi connectivity index (χ0n) is 18.8. The summed E-state index contributed by atoms with van der Waals surface area (Å²) in [5, 5.41) is 11.4. The third-order valence-corrected chi connectivity index (χ3v) is 10.4. The van der Waals surface area contributed by atoms with Crippen molar-refractivity contribution in [2.24, 2.45) is 34.5 Å². The van der Waals surface area contributed by atoms with E-state index in [0.717, 1.165) is 25.7 Å². The lowest BCUT2D eigenvalue weighted by molar-refractivity contribution is -0.220. The number of aliphatic hydroxyl groups is 1. The maximum absolute atomic E-state index is 11.4. The summed E-state index contributed by atoms with van der Waals surface area (Å²) in [5.74, 6) is 0.956. The molecular formula is C25H38O5. The van der Waals surface area contributed by atoms with E-state index in [2.05, 4.69) is 26.8 Å². The first-order valence-electron chi connectivity index (χ1n) is 12.2. The highest BCUT2D eigenvalue weighted by Gasteiger charge is 2.65. The molecule has 2 saturated heterocycles. The van der Waals surface area contributed by atoms with Gasteiger partial charge in [0.15, 0.2) is 11.6 Å². The number of aliphatic hydroxyl groups excluding tert-OH is 1. The molecule has 1 spiro atoms. The van der Waals surface area contributed by atoms with Gasteiger partial charge in [0.05, 0.1) is 32.5 Å². The molecule has 4 aliphatic carbocycles. The quantitative estimate of drug-likeness (QED) is 0.651. The van der Waals surface area contributed by atoms with Gasteiger partial charge in [0, 0.05) is 18.8 Å². The topological polar surface area (TPSA) is 57.2 Å². The molecule has 4 unspecified atom stereocenters. The van der Waals surface area contributed by atoms with Crippen LogP contribution in [0.3, 0.4) is 0 Å². The molecule has 7 atom stereocenters. The van der Waals surface area contributed by atoms with Crippen molar-refractivity contribution in [2.45, 2.75) is 83.4 Å². The van der Waals surface area contributed by atoms with Gasteiger partial charge in [-0.25, -0.2) is 0 Å². The number of ether oxygens (including phenoxy) is 4. The molecule has 0 amide bonds. The van der Waals surface area contributed by atoms with Crippen molar-refractivity contribution in [3.05, 3.63) is 11.6 Å². The van der Waals surface area contributed by atoms with Crippen LogP contribution in [-0.4, -0.2) is 49.2 Å². The van der Waals surface area contributed by atoms with Gasteiger partial charge in [-0.05, 0) is 67.6 Å². The minimum Gasteiger partial charge on any atom is -0.389 e. The molecule has 3 saturated carbocycles. The molecule has 0 bridgehead atoms. The van der Waals surface area contributed by atoms with Crippen molar-refractivity contribution >= 4 is 0 Å². The smallest absolute Gasteiger partial charge is 0.172 e. The van der Waals surface area contributed by atoms with Gasteiger partial charge in [-0.15, -0.1) is 0 Å². The SMILES string of the molecule is CC1(C2CCC3C4C(CC[C@@]32C)[C@@]2(C)CCC3(CC2=C[C@@H]4O)OCCO3)OCCO1. The van der Waals surface area contributed by atoms with E-state index in [1.165, 1.54) is 24.8 Å². The zero-order valence-corrected chi connectivity index (χ0v) is 18.8. The lowest BCUT2D eigenvalue weighted by atomic mass is 9.46. The molecule has 0 aromatic rings. The Balaban J connectivity index is 1.32. The Morgan fingerprint density at radius 1 is 0.833 bits per heavy atom. The maximum Gasteiger partial charge on any atom is 0.172 e. The molecule has 5 nitrogen and oxygen atoms in total. The fourth-order valence-electron chi connectivity index (χ4n) is 8.93. The van der Waals surface area contributed by atoms with E-state index in [9.17, 15) is 5.11 Å². The first kappa shape index (κ1) is 20.2. The minimum atomic E-state index is -0.449. The summed E-state index contributed by atoms with van der Waals surface area (Å²) in [6.07, 6.45) is 9.46. The molecule has 168 valence electrons. The predicted octanol–water partition coefficient (Wildman–Crippen LogP) is 4.04. The predicted molar refractivity (Wildman–Crippen MR) is 112 cm³/mol. The van der Waals surface area contributed by atoms with Gasteiger partial charge in [0.1, 0.15) is 0 Å². The summed E-state index contributed by atoms with van der Waals surface area (Å²) >= 11 is 0. The zero-order chi connectivity index (χ0) is 20.8. The molecule has 0 radical (unpaired) electrons. The van der Waals surface area contributed by atoms with Crippen molar-refractivity contribution < 1.29 is 24.1 Å². The Labute approximate surface area is 180 Å². The number of hydrogen-bond acceptors (Lipinski definition) is 5. The van der Waals surface area contributed by atoms with Crippen LogP contribution in [0.25, 0.3) is 0 Å². The van der Waals surface area contributed by atoms with E-state index in [4.69, 9.17) is 18.9 Å². The van der Waals surface area contributed by atoms with Gasteiger partial charge in [0.2, 0.25) is 0 Å². The summed E-state index contributed by atoms with van der Waals surface area (Å²) in [7, 11) is 0. The summed E-state index contributed by atoms with van der Waals surface area (Å²) in [6.45, 7) is 9.89. The Kier molecular flexibility index (Phi) is 4.40. The second-order valence-electron chi connectivity index (χ2n) is 11.6. The average Bonchev–Trinajstić information content (AvgIpc) is 3.43. The Morgan fingerprint density at radius 2 is 1.53 bits per heavy atom. The number of rotatable bonds is 1. The van der Waals surface area contributed by atoms with E-state index in [1.807, 2.05) is 0 Å². The highest BCUT2D eigenvalue weighted by molar-refractivity contribution is 5.29. The maximum atomic E-state index is 11.4. The highest BCUT2D eigenvalue weighted by atomic mass is 16.7. The third-order valence-electron chi connectivity index (χ3n) is 10.4. The minimum absolute atomic E-state index is 0.161. The number of fused-ring (bicyclic) bond motifs is 5. The molecule has 2 heterocycles. The van der Waals surface area contributed by atoms with Crippen LogP contribution in [0.2, 0.25) is 0 Å². The van der Waals surface area contributed by atoms with Crippen LogP contribution in [0.15, 0.2) is 11.6 Å². The molecular weight excluding hydrogens is 380 g/mol. The average molecular weight is 419 g/mol. The third kappa shape index (κ3) is 2.59. The molecule has 30 heavy (non-hydrogen) atoms. The lowest BCUT2D eigenvalue weighted by Crippen LogP contribution is -2.57. The van der Waals surface area contributed by atoms with Crippen molar-refractivity contribution in [1.29, 1.82) is 0 Å². The molecule has 6 rings (SSSR count). The van der Waals surface area contributed by atoms with Crippen molar-refractivity contribution in [3.63, 3.8) is 0 Å². The standard InChI is InChI=1S/C25H38O5/c1-22-8-9-25(29-12-13-30-25)15-16(22)14-19(26)21-17-4-5-20(24(3)27-10-11-28-24)23(17,2)7-6-18(21)22/h14,17-21,26H,4-13,15H2,1-3H3/t17?,18?,19-,20?,21?,22-,23-/m0/s1.